The van der Waals surface area contributed by atoms with Gasteiger partial charge in [-0.15, -0.1) is 0 Å². The second-order valence-electron chi connectivity index (χ2n) is 12.0. The lowest BCUT2D eigenvalue weighted by molar-refractivity contribution is -0.503. The molecule has 0 aromatic carbocycles. The minimum Gasteiger partial charge on any atom is -0.413 e. The van der Waals surface area contributed by atoms with Gasteiger partial charge >= 0.3 is 119 Å². The quantitative estimate of drug-likeness (QED) is 0.0824. The summed E-state index contributed by atoms with van der Waals surface area (Å²) >= 11 is 0. The van der Waals surface area contributed by atoms with E-state index in [1.54, 1.807) is 4.74 Å². The van der Waals surface area contributed by atoms with Crippen LogP contribution in [0.4, 0.5) is 171 Å². The highest BCUT2D eigenvalue weighted by molar-refractivity contribution is 5.87. The van der Waals surface area contributed by atoms with E-state index in [4.69, 9.17) is 0 Å². The first-order chi connectivity index (χ1) is 26.8. The van der Waals surface area contributed by atoms with Gasteiger partial charge in [0.2, 0.25) is 0 Å². The normalized spacial score (nSPS) is 17.6. The maximum Gasteiger partial charge on any atom is 0.460 e. The molecule has 2 nitrogen and oxygen atoms in total. The van der Waals surface area contributed by atoms with E-state index in [0.29, 0.717) is 0 Å². The summed E-state index contributed by atoms with van der Waals surface area (Å²) in [5.74, 6) is -156. The molecule has 0 aromatic heterocycles. The number of alkyl halides is 39. The number of halogens is 39. The van der Waals surface area contributed by atoms with Crippen molar-refractivity contribution >= 4 is 5.97 Å². The van der Waals surface area contributed by atoms with Gasteiger partial charge in [-0.1, -0.05) is 6.58 Å². The molecule has 1 atom stereocenters. The second-order valence-corrected chi connectivity index (χ2v) is 12.0. The van der Waals surface area contributed by atoms with Crippen LogP contribution in [0.15, 0.2) is 12.2 Å². The average Bonchev–Trinajstić information content (AvgIpc) is 3.04. The Morgan fingerprint density at radius 1 is 0.281 bits per heavy atom. The number of carbonyl (C=O) groups excluding carboxylic acids is 1. The van der Waals surface area contributed by atoms with Crippen molar-refractivity contribution in [1.29, 1.82) is 0 Å². The van der Waals surface area contributed by atoms with Crippen molar-refractivity contribution in [2.45, 2.75) is 120 Å². The summed E-state index contributed by atoms with van der Waals surface area (Å²) in [5, 5.41) is 0. The number of esters is 1. The van der Waals surface area contributed by atoms with Crippen LogP contribution < -0.4 is 0 Å². The molecule has 0 aromatic rings. The largest absolute Gasteiger partial charge is 0.460 e. The highest BCUT2D eigenvalue weighted by Crippen LogP contribution is 2.71. The molecule has 0 heterocycles. The van der Waals surface area contributed by atoms with Gasteiger partial charge in [0.05, 0.1) is 0 Å². The molecule has 0 aliphatic heterocycles. The molecular formula is C23H5F39O2. The number of ether oxygens (including phenoxy) is 1. The van der Waals surface area contributed by atoms with Gasteiger partial charge in [0.1, 0.15) is 0 Å². The van der Waals surface area contributed by atoms with Crippen LogP contribution in [0, 0.1) is 0 Å². The van der Waals surface area contributed by atoms with Crippen LogP contribution in [-0.2, 0) is 9.53 Å². The molecule has 0 radical (unpaired) electrons. The third kappa shape index (κ3) is 6.89. The lowest BCUT2D eigenvalue weighted by Gasteiger charge is -2.48. The Morgan fingerprint density at radius 2 is 0.453 bits per heavy atom. The lowest BCUT2D eigenvalue weighted by atomic mass is 9.80. The first kappa shape index (κ1) is 60.5. The van der Waals surface area contributed by atoms with Gasteiger partial charge in [0.15, 0.2) is 0 Å². The molecule has 0 fully saturated rings. The van der Waals surface area contributed by atoms with Gasteiger partial charge in [-0.05, 0) is 6.92 Å². The molecule has 0 rings (SSSR count). The molecule has 0 amide bonds. The Hall–Kier alpha value is -3.52. The van der Waals surface area contributed by atoms with Crippen LogP contribution in [0.1, 0.15) is 6.92 Å². The number of rotatable bonds is 17. The molecule has 0 aliphatic rings. The van der Waals surface area contributed by atoms with Gasteiger partial charge in [-0.25, -0.2) is 9.18 Å². The number of carbonyl (C=O) groups is 1. The van der Waals surface area contributed by atoms with E-state index in [9.17, 15) is 172 Å². The zero-order chi connectivity index (χ0) is 53.4. The first-order valence-electron chi connectivity index (χ1n) is 13.6. The molecular weight excluding hydrogens is 1050 g/mol. The Kier molecular flexibility index (Phi) is 13.9. The molecule has 382 valence electrons. The van der Waals surface area contributed by atoms with E-state index in [-0.39, 0.29) is 0 Å². The average molecular weight is 1050 g/mol. The van der Waals surface area contributed by atoms with Crippen LogP contribution in [0.2, 0.25) is 0 Å². The second kappa shape index (κ2) is 14.7. The summed E-state index contributed by atoms with van der Waals surface area (Å²) in [4.78, 5) is 11.4. The SMILES string of the molecule is C=C(C)C(=O)OC(F)(C(F)(F)C(F)(F)C(F)(F)C(F)(F)C(F)(F)C(F)(F)C(F)(F)C(F)(F)F)C(F)(F)C(F)(F)C(F)(F)C(F)(F)C(F)(F)C(F)(F)C(F)(F)C(F)(C(F)(F)F)C(F)(F)F. The summed E-state index contributed by atoms with van der Waals surface area (Å²) in [6.07, 6.45) is -26.5. The highest BCUT2D eigenvalue weighted by Gasteiger charge is 3.04. The smallest absolute Gasteiger partial charge is 0.413 e. The van der Waals surface area contributed by atoms with Crippen molar-refractivity contribution in [2.24, 2.45) is 0 Å². The summed E-state index contributed by atoms with van der Waals surface area (Å²) in [6, 6.07) is 0. The predicted molar refractivity (Wildman–Crippen MR) is 116 cm³/mol. The summed E-state index contributed by atoms with van der Waals surface area (Å²) in [7, 11) is 0. The zero-order valence-electron chi connectivity index (χ0n) is 27.8. The highest BCUT2D eigenvalue weighted by atomic mass is 19.5. The van der Waals surface area contributed by atoms with Crippen LogP contribution in [0.5, 0.6) is 0 Å². The van der Waals surface area contributed by atoms with Crippen molar-refractivity contribution in [3.63, 3.8) is 0 Å². The molecule has 64 heavy (non-hydrogen) atoms. The standard InChI is InChI=1S/C23H5F39O2/c1-3(2)4(63)64-20(53,18(49,50)15(43,44)12(37,38)10(33,34)13(39,40)16(45,46)19(51,52)23(60,61)62)17(47,48)14(41,42)11(35,36)9(31,32)8(29,30)7(27,28)6(25,26)5(24,21(54,55)56)22(57,58)59/h1H2,2H3. The lowest BCUT2D eigenvalue weighted by Crippen LogP contribution is -2.82. The van der Waals surface area contributed by atoms with Gasteiger partial charge in [0, 0.05) is 5.57 Å². The zero-order valence-corrected chi connectivity index (χ0v) is 27.8. The van der Waals surface area contributed by atoms with Gasteiger partial charge in [-0.3, -0.25) is 0 Å². The van der Waals surface area contributed by atoms with Crippen LogP contribution in [-0.4, -0.2) is 119 Å². The van der Waals surface area contributed by atoms with E-state index in [2.05, 4.69) is 0 Å². The van der Waals surface area contributed by atoms with E-state index >= 15 is 4.39 Å². The fourth-order valence-corrected chi connectivity index (χ4v) is 3.83. The Labute approximate surface area is 320 Å². The van der Waals surface area contributed by atoms with Gasteiger partial charge in [-0.2, -0.15) is 167 Å². The summed E-state index contributed by atoms with van der Waals surface area (Å²) in [6.45, 7) is 1.25. The molecule has 0 aliphatic carbocycles. The topological polar surface area (TPSA) is 26.3 Å². The molecule has 0 N–H and O–H groups in total. The first-order valence-corrected chi connectivity index (χ1v) is 13.6. The van der Waals surface area contributed by atoms with E-state index in [1.165, 1.54) is 0 Å². The summed E-state index contributed by atoms with van der Waals surface area (Å²) < 4.78 is 537. The fourth-order valence-electron chi connectivity index (χ4n) is 3.83. The molecule has 0 saturated heterocycles. The monoisotopic (exact) mass is 1050 g/mol. The fraction of sp³-hybridized carbons (Fsp3) is 0.870. The molecule has 0 bridgehead atoms. The molecule has 0 spiro atoms. The van der Waals surface area contributed by atoms with E-state index in [1.807, 2.05) is 6.58 Å². The van der Waals surface area contributed by atoms with Crippen molar-refractivity contribution in [3.8, 4) is 0 Å². The Balaban J connectivity index is 8.64. The minimum atomic E-state index is -10.5. The molecule has 41 heteroatoms. The molecule has 0 saturated carbocycles. The van der Waals surface area contributed by atoms with Crippen LogP contribution >= 0.6 is 0 Å². The van der Waals surface area contributed by atoms with Crippen molar-refractivity contribution < 1.29 is 181 Å². The third-order valence-corrected chi connectivity index (χ3v) is 7.69. The number of hydrogen-bond donors (Lipinski definition) is 0. The van der Waals surface area contributed by atoms with Crippen LogP contribution in [0.25, 0.3) is 0 Å². The molecule has 1 unspecified atom stereocenters. The number of hydrogen-bond acceptors (Lipinski definition) is 2. The Morgan fingerprint density at radius 3 is 0.625 bits per heavy atom. The maximum atomic E-state index is 15.3. The summed E-state index contributed by atoms with van der Waals surface area (Å²) in [5.41, 5.74) is -12.1. The maximum absolute atomic E-state index is 15.3. The van der Waals surface area contributed by atoms with Crippen LogP contribution in [0.3, 0.4) is 0 Å². The van der Waals surface area contributed by atoms with Gasteiger partial charge < -0.3 is 4.74 Å². The van der Waals surface area contributed by atoms with Crippen molar-refractivity contribution in [3.05, 3.63) is 12.2 Å². The van der Waals surface area contributed by atoms with Crippen molar-refractivity contribution in [2.75, 3.05) is 0 Å². The van der Waals surface area contributed by atoms with E-state index < -0.39 is 131 Å². The third-order valence-electron chi connectivity index (χ3n) is 7.69. The minimum absolute atomic E-state index is 0.556. The van der Waals surface area contributed by atoms with Crippen molar-refractivity contribution in [1.82, 2.24) is 0 Å². The van der Waals surface area contributed by atoms with E-state index in [0.717, 1.165) is 0 Å². The van der Waals surface area contributed by atoms with Gasteiger partial charge in [0.25, 0.3) is 0 Å². The Bertz CT molecular complexity index is 1740. The predicted octanol–water partition coefficient (Wildman–Crippen LogP) is 13.1.